The molecular weight excluding hydrogens is 343 g/mol. The normalized spacial score (nSPS) is 16.0. The average Bonchev–Trinajstić information content (AvgIpc) is 2.66. The molecule has 0 fully saturated rings. The zero-order valence-corrected chi connectivity index (χ0v) is 15.0. The van der Waals surface area contributed by atoms with E-state index in [9.17, 15) is 14.3 Å². The summed E-state index contributed by atoms with van der Waals surface area (Å²) in [5.41, 5.74) is 4.21. The summed E-state index contributed by atoms with van der Waals surface area (Å²) in [5, 5.41) is 13.5. The van der Waals surface area contributed by atoms with Gasteiger partial charge in [-0.25, -0.2) is 4.39 Å². The molecular formula is C22H19FN2O2. The molecule has 3 aromatic carbocycles. The molecule has 0 spiro atoms. The first-order chi connectivity index (χ1) is 13.0. The van der Waals surface area contributed by atoms with Crippen molar-refractivity contribution in [1.82, 2.24) is 0 Å². The van der Waals surface area contributed by atoms with Gasteiger partial charge in [-0.15, -0.1) is 0 Å². The third kappa shape index (κ3) is 2.91. The van der Waals surface area contributed by atoms with E-state index in [4.69, 9.17) is 0 Å². The van der Waals surface area contributed by atoms with E-state index in [1.807, 2.05) is 44.2 Å². The largest absolute Gasteiger partial charge is 0.507 e. The molecule has 5 heteroatoms. The molecule has 136 valence electrons. The molecule has 0 bridgehead atoms. The Kier molecular flexibility index (Phi) is 4.07. The molecule has 0 saturated carbocycles. The first-order valence-electron chi connectivity index (χ1n) is 8.70. The van der Waals surface area contributed by atoms with Gasteiger partial charge in [-0.2, -0.15) is 0 Å². The Labute approximate surface area is 156 Å². The summed E-state index contributed by atoms with van der Waals surface area (Å²) in [4.78, 5) is 14.9. The third-order valence-corrected chi connectivity index (χ3v) is 4.86. The molecule has 1 aliphatic heterocycles. The molecule has 1 amide bonds. The second-order valence-electron chi connectivity index (χ2n) is 6.75. The number of aryl methyl sites for hydroxylation is 2. The van der Waals surface area contributed by atoms with Crippen molar-refractivity contribution in [3.05, 3.63) is 88.7 Å². The Morgan fingerprint density at radius 3 is 2.30 bits per heavy atom. The van der Waals surface area contributed by atoms with Gasteiger partial charge in [-0.3, -0.25) is 9.69 Å². The van der Waals surface area contributed by atoms with Gasteiger partial charge in [0.1, 0.15) is 17.7 Å². The number of hydrogen-bond acceptors (Lipinski definition) is 3. The van der Waals surface area contributed by atoms with Gasteiger partial charge in [0.05, 0.1) is 5.56 Å². The van der Waals surface area contributed by atoms with Gasteiger partial charge in [0.25, 0.3) is 5.91 Å². The fourth-order valence-corrected chi connectivity index (χ4v) is 3.50. The monoisotopic (exact) mass is 362 g/mol. The Bertz CT molecular complexity index is 1010. The van der Waals surface area contributed by atoms with Crippen LogP contribution in [0.25, 0.3) is 0 Å². The molecule has 0 aromatic heterocycles. The topological polar surface area (TPSA) is 52.6 Å². The molecule has 0 radical (unpaired) electrons. The van der Waals surface area contributed by atoms with Gasteiger partial charge in [0, 0.05) is 11.4 Å². The third-order valence-electron chi connectivity index (χ3n) is 4.86. The minimum Gasteiger partial charge on any atom is -0.507 e. The van der Waals surface area contributed by atoms with Crippen LogP contribution in [-0.4, -0.2) is 11.0 Å². The number of anilines is 2. The molecule has 1 aliphatic rings. The van der Waals surface area contributed by atoms with Gasteiger partial charge >= 0.3 is 0 Å². The molecule has 1 heterocycles. The van der Waals surface area contributed by atoms with E-state index in [1.165, 1.54) is 12.1 Å². The molecule has 0 aliphatic carbocycles. The highest BCUT2D eigenvalue weighted by Gasteiger charge is 2.34. The number of halogens is 1. The number of benzene rings is 3. The molecule has 1 atom stereocenters. The van der Waals surface area contributed by atoms with E-state index in [2.05, 4.69) is 5.32 Å². The van der Waals surface area contributed by atoms with Gasteiger partial charge in [-0.05, 0) is 79.1 Å². The lowest BCUT2D eigenvalue weighted by Crippen LogP contribution is -2.43. The second-order valence-corrected chi connectivity index (χ2v) is 6.75. The van der Waals surface area contributed by atoms with Gasteiger partial charge in [-0.1, -0.05) is 12.1 Å². The number of phenolic OH excluding ortho intramolecular Hbond substituents is 1. The molecule has 3 aromatic rings. The number of phenols is 1. The number of nitrogens with zero attached hydrogens (tertiary/aromatic N) is 1. The lowest BCUT2D eigenvalue weighted by molar-refractivity contribution is 0.0975. The van der Waals surface area contributed by atoms with Crippen LogP contribution in [-0.2, 0) is 0 Å². The van der Waals surface area contributed by atoms with Crippen LogP contribution in [0.5, 0.6) is 5.75 Å². The molecule has 2 N–H and O–H groups in total. The molecule has 1 unspecified atom stereocenters. The number of rotatable bonds is 2. The predicted molar refractivity (Wildman–Crippen MR) is 104 cm³/mol. The van der Waals surface area contributed by atoms with E-state index in [0.717, 1.165) is 22.4 Å². The van der Waals surface area contributed by atoms with Crippen LogP contribution in [0.1, 0.15) is 33.2 Å². The summed E-state index contributed by atoms with van der Waals surface area (Å²) in [7, 11) is 0. The van der Waals surface area contributed by atoms with E-state index in [-0.39, 0.29) is 17.5 Å². The summed E-state index contributed by atoms with van der Waals surface area (Å²) in [6, 6.07) is 16.9. The molecule has 0 saturated heterocycles. The highest BCUT2D eigenvalue weighted by Crippen LogP contribution is 2.38. The Hall–Kier alpha value is -3.34. The summed E-state index contributed by atoms with van der Waals surface area (Å²) >= 11 is 0. The first-order valence-corrected chi connectivity index (χ1v) is 8.70. The van der Waals surface area contributed by atoms with Crippen molar-refractivity contribution >= 4 is 17.3 Å². The number of fused-ring (bicyclic) bond motifs is 1. The number of carbonyl (C=O) groups is 1. The lowest BCUT2D eigenvalue weighted by atomic mass is 9.99. The summed E-state index contributed by atoms with van der Waals surface area (Å²) in [6.45, 7) is 3.65. The quantitative estimate of drug-likeness (QED) is 0.680. The maximum absolute atomic E-state index is 13.4. The van der Waals surface area contributed by atoms with Crippen molar-refractivity contribution in [2.75, 3.05) is 10.2 Å². The highest BCUT2D eigenvalue weighted by atomic mass is 19.1. The molecule has 27 heavy (non-hydrogen) atoms. The predicted octanol–water partition coefficient (Wildman–Crippen LogP) is 4.92. The van der Waals surface area contributed by atoms with Gasteiger partial charge < -0.3 is 10.4 Å². The minimum atomic E-state index is -0.476. The van der Waals surface area contributed by atoms with Crippen molar-refractivity contribution < 1.29 is 14.3 Å². The lowest BCUT2D eigenvalue weighted by Gasteiger charge is -2.38. The second kappa shape index (κ2) is 6.43. The average molecular weight is 362 g/mol. The van der Waals surface area contributed by atoms with E-state index >= 15 is 0 Å². The van der Waals surface area contributed by atoms with Crippen molar-refractivity contribution in [3.8, 4) is 5.75 Å². The summed E-state index contributed by atoms with van der Waals surface area (Å²) in [6.07, 6.45) is -0.476. The minimum absolute atomic E-state index is 0.163. The summed E-state index contributed by atoms with van der Waals surface area (Å²) < 4.78 is 13.4. The summed E-state index contributed by atoms with van der Waals surface area (Å²) in [5.74, 6) is -0.275. The van der Waals surface area contributed by atoms with E-state index < -0.39 is 6.17 Å². The number of para-hydroxylation sites is 1. The number of nitrogens with one attached hydrogen (secondary N) is 1. The highest BCUT2D eigenvalue weighted by molar-refractivity contribution is 6.12. The molecule has 4 rings (SSSR count). The van der Waals surface area contributed by atoms with Crippen LogP contribution in [0.3, 0.4) is 0 Å². The van der Waals surface area contributed by atoms with Crippen molar-refractivity contribution in [3.63, 3.8) is 0 Å². The van der Waals surface area contributed by atoms with Gasteiger partial charge in [0.2, 0.25) is 0 Å². The van der Waals surface area contributed by atoms with Crippen LogP contribution in [0.4, 0.5) is 15.8 Å². The zero-order valence-electron chi connectivity index (χ0n) is 15.0. The number of hydrogen-bond donors (Lipinski definition) is 2. The molecule has 4 nitrogen and oxygen atoms in total. The van der Waals surface area contributed by atoms with Crippen LogP contribution in [0, 0.1) is 19.7 Å². The number of carbonyl (C=O) groups excluding carboxylic acids is 1. The number of aromatic hydroxyl groups is 1. The fraction of sp³-hybridized carbons (Fsp3) is 0.136. The van der Waals surface area contributed by atoms with E-state index in [0.29, 0.717) is 11.3 Å². The zero-order chi connectivity index (χ0) is 19.1. The first kappa shape index (κ1) is 17.1. The number of amides is 1. The van der Waals surface area contributed by atoms with Crippen LogP contribution < -0.4 is 10.2 Å². The standard InChI is InChI=1S/C22H19FN2O2/c1-13-11-15(12-14(2)20(13)26)21-24-19-6-4-3-5-18(19)22(27)25(21)17-9-7-16(23)8-10-17/h3-12,21,24,26H,1-2H3. The van der Waals surface area contributed by atoms with Crippen molar-refractivity contribution in [2.24, 2.45) is 0 Å². The maximum atomic E-state index is 13.4. The Morgan fingerprint density at radius 1 is 1.00 bits per heavy atom. The Balaban J connectivity index is 1.89. The fourth-order valence-electron chi connectivity index (χ4n) is 3.50. The van der Waals surface area contributed by atoms with Crippen LogP contribution in [0.15, 0.2) is 60.7 Å². The van der Waals surface area contributed by atoms with E-state index in [1.54, 1.807) is 23.1 Å². The maximum Gasteiger partial charge on any atom is 0.262 e. The van der Waals surface area contributed by atoms with Crippen molar-refractivity contribution in [2.45, 2.75) is 20.0 Å². The SMILES string of the molecule is Cc1cc(C2Nc3ccccc3C(=O)N2c2ccc(F)cc2)cc(C)c1O. The smallest absolute Gasteiger partial charge is 0.262 e. The van der Waals surface area contributed by atoms with Crippen LogP contribution >= 0.6 is 0 Å². The van der Waals surface area contributed by atoms with Crippen molar-refractivity contribution in [1.29, 1.82) is 0 Å². The van der Waals surface area contributed by atoms with Crippen LogP contribution in [0.2, 0.25) is 0 Å². The Morgan fingerprint density at radius 2 is 1.63 bits per heavy atom. The van der Waals surface area contributed by atoms with Gasteiger partial charge in [0.15, 0.2) is 0 Å².